The van der Waals surface area contributed by atoms with Gasteiger partial charge in [0.15, 0.2) is 0 Å². The normalized spacial score (nSPS) is 11.7. The Morgan fingerprint density at radius 2 is 1.82 bits per heavy atom. The van der Waals surface area contributed by atoms with Crippen LogP contribution in [0.5, 0.6) is 0 Å². The number of nitrogens with one attached hydrogen (secondary N) is 2. The van der Waals surface area contributed by atoms with E-state index in [0.29, 0.717) is 19.6 Å². The molecule has 0 fully saturated rings. The van der Waals surface area contributed by atoms with Crippen LogP contribution in [-0.4, -0.2) is 43.5 Å². The van der Waals surface area contributed by atoms with Gasteiger partial charge in [0, 0.05) is 49.0 Å². The fraction of sp³-hybridized carbons (Fsp3) is 0.333. The second-order valence-corrected chi connectivity index (χ2v) is 8.11. The molecule has 0 spiro atoms. The molecule has 1 unspecified atom stereocenters. The SMILES string of the molecule is CCC(C(=O)Nc1ccc(NCCCOC)c2c(C)cccc12)N(C=O)Cc1ccccc1. The Morgan fingerprint density at radius 1 is 1.06 bits per heavy atom. The topological polar surface area (TPSA) is 70.7 Å². The van der Waals surface area contributed by atoms with Gasteiger partial charge in [-0.25, -0.2) is 0 Å². The molecule has 0 aliphatic rings. The number of aryl methyl sites for hydroxylation is 1. The lowest BCUT2D eigenvalue weighted by atomic mass is 10.0. The molecule has 3 aromatic carbocycles. The third kappa shape index (κ3) is 6.11. The van der Waals surface area contributed by atoms with Crippen molar-refractivity contribution in [2.45, 2.75) is 39.3 Å². The summed E-state index contributed by atoms with van der Waals surface area (Å²) < 4.78 is 5.14. The van der Waals surface area contributed by atoms with E-state index in [4.69, 9.17) is 4.74 Å². The number of methoxy groups -OCH3 is 1. The third-order valence-corrected chi connectivity index (χ3v) is 5.78. The van der Waals surface area contributed by atoms with Crippen molar-refractivity contribution in [3.63, 3.8) is 0 Å². The highest BCUT2D eigenvalue weighted by Gasteiger charge is 2.24. The molecule has 0 heterocycles. The van der Waals surface area contributed by atoms with E-state index in [9.17, 15) is 9.59 Å². The molecule has 174 valence electrons. The highest BCUT2D eigenvalue weighted by Crippen LogP contribution is 2.33. The number of carbonyl (C=O) groups is 2. The summed E-state index contributed by atoms with van der Waals surface area (Å²) in [5, 5.41) is 8.61. The van der Waals surface area contributed by atoms with Gasteiger partial charge in [-0.2, -0.15) is 0 Å². The number of nitrogens with zero attached hydrogens (tertiary/aromatic N) is 1. The van der Waals surface area contributed by atoms with Gasteiger partial charge < -0.3 is 20.3 Å². The van der Waals surface area contributed by atoms with Crippen LogP contribution < -0.4 is 10.6 Å². The minimum absolute atomic E-state index is 0.191. The number of anilines is 2. The number of hydrogen-bond donors (Lipinski definition) is 2. The van der Waals surface area contributed by atoms with Crippen LogP contribution in [0.4, 0.5) is 11.4 Å². The zero-order valence-electron chi connectivity index (χ0n) is 19.6. The molecule has 1 atom stereocenters. The second kappa shape index (κ2) is 12.0. The molecular formula is C27H33N3O3. The summed E-state index contributed by atoms with van der Waals surface area (Å²) in [6.07, 6.45) is 2.19. The number of rotatable bonds is 12. The molecule has 0 aliphatic heterocycles. The van der Waals surface area contributed by atoms with Crippen molar-refractivity contribution in [3.05, 3.63) is 71.8 Å². The van der Waals surface area contributed by atoms with Gasteiger partial charge in [-0.15, -0.1) is 0 Å². The molecule has 0 saturated heterocycles. The summed E-state index contributed by atoms with van der Waals surface area (Å²) in [5.74, 6) is -0.191. The first kappa shape index (κ1) is 24.3. The summed E-state index contributed by atoms with van der Waals surface area (Å²) >= 11 is 0. The van der Waals surface area contributed by atoms with Crippen molar-refractivity contribution in [2.24, 2.45) is 0 Å². The molecule has 0 saturated carbocycles. The molecule has 6 heteroatoms. The first-order valence-corrected chi connectivity index (χ1v) is 11.4. The summed E-state index contributed by atoms with van der Waals surface area (Å²) in [6.45, 7) is 5.87. The Kier molecular flexibility index (Phi) is 8.84. The largest absolute Gasteiger partial charge is 0.385 e. The number of benzene rings is 3. The number of fused-ring (bicyclic) bond motifs is 1. The molecule has 0 radical (unpaired) electrons. The highest BCUT2D eigenvalue weighted by atomic mass is 16.5. The summed E-state index contributed by atoms with van der Waals surface area (Å²) in [6, 6.07) is 19.1. The van der Waals surface area contributed by atoms with Gasteiger partial charge in [-0.3, -0.25) is 9.59 Å². The average molecular weight is 448 g/mol. The van der Waals surface area contributed by atoms with Crippen molar-refractivity contribution in [3.8, 4) is 0 Å². The van der Waals surface area contributed by atoms with Crippen LogP contribution in [-0.2, 0) is 20.9 Å². The monoisotopic (exact) mass is 447 g/mol. The molecule has 6 nitrogen and oxygen atoms in total. The molecule has 3 rings (SSSR count). The maximum Gasteiger partial charge on any atom is 0.247 e. The van der Waals surface area contributed by atoms with Crippen LogP contribution in [0.2, 0.25) is 0 Å². The Morgan fingerprint density at radius 3 is 2.52 bits per heavy atom. The molecule has 0 bridgehead atoms. The van der Waals surface area contributed by atoms with Crippen LogP contribution in [0.1, 0.15) is 30.9 Å². The van der Waals surface area contributed by atoms with E-state index in [1.807, 2.05) is 61.5 Å². The van der Waals surface area contributed by atoms with Gasteiger partial charge in [0.2, 0.25) is 12.3 Å². The molecule has 0 aliphatic carbocycles. The van der Waals surface area contributed by atoms with Gasteiger partial charge in [-0.05, 0) is 43.0 Å². The highest BCUT2D eigenvalue weighted by molar-refractivity contribution is 6.09. The zero-order chi connectivity index (χ0) is 23.6. The van der Waals surface area contributed by atoms with Gasteiger partial charge in [0.1, 0.15) is 6.04 Å². The van der Waals surface area contributed by atoms with Crippen LogP contribution in [0.25, 0.3) is 10.8 Å². The first-order chi connectivity index (χ1) is 16.1. The van der Waals surface area contributed by atoms with E-state index >= 15 is 0 Å². The van der Waals surface area contributed by atoms with E-state index < -0.39 is 6.04 Å². The van der Waals surface area contributed by atoms with Crippen LogP contribution >= 0.6 is 0 Å². The number of amides is 2. The molecule has 33 heavy (non-hydrogen) atoms. The molecular weight excluding hydrogens is 414 g/mol. The van der Waals surface area contributed by atoms with Crippen molar-refractivity contribution in [2.75, 3.05) is 30.9 Å². The van der Waals surface area contributed by atoms with E-state index in [0.717, 1.165) is 52.6 Å². The smallest absolute Gasteiger partial charge is 0.247 e. The van der Waals surface area contributed by atoms with E-state index in [1.54, 1.807) is 12.0 Å². The van der Waals surface area contributed by atoms with E-state index in [2.05, 4.69) is 23.6 Å². The molecule has 2 amide bonds. The number of carbonyl (C=O) groups excluding carboxylic acids is 2. The Bertz CT molecular complexity index is 1070. The van der Waals surface area contributed by atoms with Gasteiger partial charge in [-0.1, -0.05) is 55.5 Å². The van der Waals surface area contributed by atoms with Gasteiger partial charge in [0.25, 0.3) is 0 Å². The quantitative estimate of drug-likeness (QED) is 0.304. The summed E-state index contributed by atoms with van der Waals surface area (Å²) in [4.78, 5) is 26.7. The standard InChI is InChI=1S/C27H33N3O3/c1-4-25(30(19-31)18-21-11-6-5-7-12-21)27(32)29-23-14-15-24(28-16-9-17-33-3)26-20(2)10-8-13-22(23)26/h5-8,10-15,19,25,28H,4,9,16-18H2,1-3H3,(H,29,32). The van der Waals surface area contributed by atoms with Crippen LogP contribution in [0.15, 0.2) is 60.7 Å². The second-order valence-electron chi connectivity index (χ2n) is 8.11. The summed E-state index contributed by atoms with van der Waals surface area (Å²) in [5.41, 5.74) is 3.89. The minimum atomic E-state index is -0.561. The average Bonchev–Trinajstić information content (AvgIpc) is 2.83. The predicted octanol–water partition coefficient (Wildman–Crippen LogP) is 4.97. The third-order valence-electron chi connectivity index (χ3n) is 5.78. The van der Waals surface area contributed by atoms with Gasteiger partial charge in [0.05, 0.1) is 0 Å². The molecule has 0 aromatic heterocycles. The maximum atomic E-state index is 13.3. The Labute approximate surface area is 195 Å². The van der Waals surface area contributed by atoms with Crippen molar-refractivity contribution in [1.82, 2.24) is 4.90 Å². The zero-order valence-corrected chi connectivity index (χ0v) is 19.6. The Hall–Kier alpha value is -3.38. The Balaban J connectivity index is 1.83. The lowest BCUT2D eigenvalue weighted by Crippen LogP contribution is -2.42. The molecule has 2 N–H and O–H groups in total. The van der Waals surface area contributed by atoms with Crippen molar-refractivity contribution in [1.29, 1.82) is 0 Å². The van der Waals surface area contributed by atoms with Crippen molar-refractivity contribution >= 4 is 34.5 Å². The fourth-order valence-electron chi connectivity index (χ4n) is 4.09. The summed E-state index contributed by atoms with van der Waals surface area (Å²) in [7, 11) is 1.70. The van der Waals surface area contributed by atoms with E-state index in [-0.39, 0.29) is 5.91 Å². The predicted molar refractivity (Wildman–Crippen MR) is 134 cm³/mol. The van der Waals surface area contributed by atoms with Gasteiger partial charge >= 0.3 is 0 Å². The van der Waals surface area contributed by atoms with Crippen LogP contribution in [0.3, 0.4) is 0 Å². The maximum absolute atomic E-state index is 13.3. The minimum Gasteiger partial charge on any atom is -0.385 e. The lowest BCUT2D eigenvalue weighted by molar-refractivity contribution is -0.130. The van der Waals surface area contributed by atoms with E-state index in [1.165, 1.54) is 0 Å². The first-order valence-electron chi connectivity index (χ1n) is 11.4. The fourth-order valence-corrected chi connectivity index (χ4v) is 4.09. The molecule has 3 aromatic rings. The van der Waals surface area contributed by atoms with Crippen LogP contribution in [0, 0.1) is 6.92 Å². The number of ether oxygens (including phenoxy) is 1. The number of hydrogen-bond acceptors (Lipinski definition) is 4. The lowest BCUT2D eigenvalue weighted by Gasteiger charge is -2.27. The van der Waals surface area contributed by atoms with Crippen molar-refractivity contribution < 1.29 is 14.3 Å².